The van der Waals surface area contributed by atoms with E-state index in [0.717, 1.165) is 40.4 Å². The van der Waals surface area contributed by atoms with E-state index >= 15 is 0 Å². The minimum Gasteiger partial charge on any atom is -0.397 e. The molecule has 106 valence electrons. The molecule has 20 heavy (non-hydrogen) atoms. The highest BCUT2D eigenvalue weighted by Gasteiger charge is 2.22. The summed E-state index contributed by atoms with van der Waals surface area (Å²) in [5, 5.41) is 12.0. The topological polar surface area (TPSA) is 80.9 Å². The molecule has 1 saturated carbocycles. The molecule has 2 aromatic rings. The van der Waals surface area contributed by atoms with Crippen LogP contribution in [-0.2, 0) is 0 Å². The summed E-state index contributed by atoms with van der Waals surface area (Å²) in [5.41, 5.74) is 8.52. The van der Waals surface area contributed by atoms with Crippen molar-refractivity contribution >= 4 is 33.1 Å². The maximum absolute atomic E-state index is 12.2. The Morgan fingerprint density at radius 2 is 2.15 bits per heavy atom. The molecule has 0 radical (unpaired) electrons. The van der Waals surface area contributed by atoms with E-state index in [0.29, 0.717) is 10.6 Å². The van der Waals surface area contributed by atoms with Crippen molar-refractivity contribution < 1.29 is 4.79 Å². The number of hydrogen-bond acceptors (Lipinski definition) is 5. The molecular formula is C14H18N4OS. The van der Waals surface area contributed by atoms with E-state index in [4.69, 9.17) is 5.73 Å². The number of anilines is 1. The number of thiophene rings is 1. The van der Waals surface area contributed by atoms with Crippen LogP contribution < -0.4 is 11.1 Å². The van der Waals surface area contributed by atoms with Gasteiger partial charge in [0.1, 0.15) is 9.71 Å². The number of aryl methyl sites for hydroxylation is 2. The highest BCUT2D eigenvalue weighted by molar-refractivity contribution is 7.21. The molecule has 0 unspecified atom stereocenters. The van der Waals surface area contributed by atoms with E-state index in [1.807, 2.05) is 13.8 Å². The zero-order chi connectivity index (χ0) is 14.3. The van der Waals surface area contributed by atoms with Crippen LogP contribution in [0.4, 0.5) is 5.69 Å². The van der Waals surface area contributed by atoms with Gasteiger partial charge in [-0.05, 0) is 31.7 Å². The van der Waals surface area contributed by atoms with Gasteiger partial charge >= 0.3 is 0 Å². The van der Waals surface area contributed by atoms with Crippen LogP contribution in [0.5, 0.6) is 0 Å². The van der Waals surface area contributed by atoms with Crippen molar-refractivity contribution in [3.05, 3.63) is 16.1 Å². The zero-order valence-corrected chi connectivity index (χ0v) is 12.5. The van der Waals surface area contributed by atoms with E-state index in [2.05, 4.69) is 15.5 Å². The Kier molecular flexibility index (Phi) is 3.33. The molecule has 3 rings (SSSR count). The molecule has 0 spiro atoms. The van der Waals surface area contributed by atoms with Gasteiger partial charge in [-0.2, -0.15) is 5.10 Å². The van der Waals surface area contributed by atoms with Crippen molar-refractivity contribution in [1.29, 1.82) is 0 Å². The molecule has 0 atom stereocenters. The van der Waals surface area contributed by atoms with Crippen molar-refractivity contribution in [2.24, 2.45) is 5.92 Å². The van der Waals surface area contributed by atoms with Crippen LogP contribution in [-0.4, -0.2) is 22.6 Å². The molecule has 2 aromatic heterocycles. The minimum atomic E-state index is -0.0943. The predicted octanol–water partition coefficient (Wildman–Crippen LogP) is 2.42. The van der Waals surface area contributed by atoms with Crippen molar-refractivity contribution in [3.8, 4) is 0 Å². The fourth-order valence-corrected chi connectivity index (χ4v) is 3.30. The number of nitrogen functional groups attached to an aromatic ring is 1. The summed E-state index contributed by atoms with van der Waals surface area (Å²) in [6, 6.07) is 0. The smallest absolute Gasteiger partial charge is 0.263 e. The Bertz CT molecular complexity index is 675. The van der Waals surface area contributed by atoms with Gasteiger partial charge in [-0.3, -0.25) is 4.79 Å². The van der Waals surface area contributed by atoms with Crippen LogP contribution in [0.2, 0.25) is 0 Å². The quantitative estimate of drug-likeness (QED) is 0.906. The lowest BCUT2D eigenvalue weighted by Crippen LogP contribution is -2.24. The number of rotatable bonds is 4. The van der Waals surface area contributed by atoms with E-state index in [1.54, 1.807) is 0 Å². The SMILES string of the molecule is Cc1nnc2sc(C(=O)NCCC3CC3)c(N)c2c1C. The largest absolute Gasteiger partial charge is 0.397 e. The fourth-order valence-electron chi connectivity index (χ4n) is 2.29. The molecule has 1 aliphatic carbocycles. The predicted molar refractivity (Wildman–Crippen MR) is 81.0 cm³/mol. The number of hydrogen-bond donors (Lipinski definition) is 2. The third-order valence-electron chi connectivity index (χ3n) is 3.88. The molecule has 1 fully saturated rings. The first-order chi connectivity index (χ1) is 9.58. The average molecular weight is 290 g/mol. The molecule has 1 amide bonds. The van der Waals surface area contributed by atoms with Crippen molar-refractivity contribution in [2.45, 2.75) is 33.1 Å². The first-order valence-electron chi connectivity index (χ1n) is 6.88. The first-order valence-corrected chi connectivity index (χ1v) is 7.69. The van der Waals surface area contributed by atoms with Crippen LogP contribution >= 0.6 is 11.3 Å². The summed E-state index contributed by atoms with van der Waals surface area (Å²) in [6.07, 6.45) is 3.67. The molecule has 3 N–H and O–H groups in total. The number of nitrogens with zero attached hydrogens (tertiary/aromatic N) is 2. The molecule has 1 aliphatic rings. The molecule has 0 aromatic carbocycles. The number of nitrogens with one attached hydrogen (secondary N) is 1. The maximum atomic E-state index is 12.2. The maximum Gasteiger partial charge on any atom is 0.263 e. The lowest BCUT2D eigenvalue weighted by Gasteiger charge is -2.04. The fraction of sp³-hybridized carbons (Fsp3) is 0.500. The van der Waals surface area contributed by atoms with Crippen LogP contribution in [0.1, 0.15) is 40.2 Å². The Balaban J connectivity index is 1.85. The second-order valence-electron chi connectivity index (χ2n) is 5.42. The van der Waals surface area contributed by atoms with Gasteiger partial charge in [0.2, 0.25) is 0 Å². The molecule has 2 heterocycles. The molecule has 6 heteroatoms. The lowest BCUT2D eigenvalue weighted by molar-refractivity contribution is 0.0957. The molecule has 0 saturated heterocycles. The molecule has 0 bridgehead atoms. The number of fused-ring (bicyclic) bond motifs is 1. The average Bonchev–Trinajstić information content (AvgIpc) is 3.17. The van der Waals surface area contributed by atoms with Crippen LogP contribution in [0.25, 0.3) is 10.2 Å². The summed E-state index contributed by atoms with van der Waals surface area (Å²) in [4.78, 5) is 13.5. The standard InChI is InChI=1S/C14H18N4OS/c1-7-8(2)17-18-14-10(7)11(15)12(20-14)13(19)16-6-5-9-3-4-9/h9H,3-6,15H2,1-2H3,(H,16,19). The Morgan fingerprint density at radius 3 is 2.85 bits per heavy atom. The van der Waals surface area contributed by atoms with Crippen molar-refractivity contribution in [1.82, 2.24) is 15.5 Å². The summed E-state index contributed by atoms with van der Waals surface area (Å²) >= 11 is 1.32. The Morgan fingerprint density at radius 1 is 1.40 bits per heavy atom. The number of carbonyl (C=O) groups excluding carboxylic acids is 1. The lowest BCUT2D eigenvalue weighted by atomic mass is 10.1. The third-order valence-corrected chi connectivity index (χ3v) is 4.96. The summed E-state index contributed by atoms with van der Waals surface area (Å²) < 4.78 is 0. The second kappa shape index (κ2) is 5.01. The zero-order valence-electron chi connectivity index (χ0n) is 11.7. The molecular weight excluding hydrogens is 272 g/mol. The van der Waals surface area contributed by atoms with Gasteiger partial charge in [0, 0.05) is 11.9 Å². The van der Waals surface area contributed by atoms with E-state index < -0.39 is 0 Å². The van der Waals surface area contributed by atoms with Gasteiger partial charge in [0.25, 0.3) is 5.91 Å². The van der Waals surface area contributed by atoms with Gasteiger partial charge in [-0.1, -0.05) is 12.8 Å². The summed E-state index contributed by atoms with van der Waals surface area (Å²) in [6.45, 7) is 4.58. The van der Waals surface area contributed by atoms with Gasteiger partial charge in [0.15, 0.2) is 0 Å². The van der Waals surface area contributed by atoms with E-state index in [1.165, 1.54) is 24.2 Å². The number of aromatic nitrogens is 2. The minimum absolute atomic E-state index is 0.0943. The normalized spacial score (nSPS) is 14.7. The van der Waals surface area contributed by atoms with Gasteiger partial charge in [-0.15, -0.1) is 16.4 Å². The van der Waals surface area contributed by atoms with E-state index in [-0.39, 0.29) is 5.91 Å². The molecule has 5 nitrogen and oxygen atoms in total. The van der Waals surface area contributed by atoms with E-state index in [9.17, 15) is 4.79 Å². The highest BCUT2D eigenvalue weighted by atomic mass is 32.1. The Labute approximate surface area is 121 Å². The third kappa shape index (κ3) is 2.35. The second-order valence-corrected chi connectivity index (χ2v) is 6.42. The number of carbonyl (C=O) groups is 1. The van der Waals surface area contributed by atoms with Crippen molar-refractivity contribution in [3.63, 3.8) is 0 Å². The summed E-state index contributed by atoms with van der Waals surface area (Å²) in [7, 11) is 0. The van der Waals surface area contributed by atoms with Gasteiger partial charge < -0.3 is 11.1 Å². The van der Waals surface area contributed by atoms with Crippen LogP contribution in [0, 0.1) is 19.8 Å². The van der Waals surface area contributed by atoms with Gasteiger partial charge in [0.05, 0.1) is 11.4 Å². The molecule has 0 aliphatic heterocycles. The first kappa shape index (κ1) is 13.3. The summed E-state index contributed by atoms with van der Waals surface area (Å²) in [5.74, 6) is 0.717. The van der Waals surface area contributed by atoms with Crippen LogP contribution in [0.15, 0.2) is 0 Å². The Hall–Kier alpha value is -1.69. The van der Waals surface area contributed by atoms with Crippen LogP contribution in [0.3, 0.4) is 0 Å². The van der Waals surface area contributed by atoms with Crippen molar-refractivity contribution in [2.75, 3.05) is 12.3 Å². The number of amides is 1. The highest BCUT2D eigenvalue weighted by Crippen LogP contribution is 2.35. The number of nitrogens with two attached hydrogens (primary N) is 1. The van der Waals surface area contributed by atoms with Gasteiger partial charge in [-0.25, -0.2) is 0 Å². The monoisotopic (exact) mass is 290 g/mol.